The fourth-order valence-corrected chi connectivity index (χ4v) is 3.92. The van der Waals surface area contributed by atoms with E-state index in [1.807, 2.05) is 57.2 Å². The van der Waals surface area contributed by atoms with Gasteiger partial charge in [-0.15, -0.1) is 11.3 Å². The van der Waals surface area contributed by atoms with E-state index in [1.165, 1.54) is 16.2 Å². The molecule has 0 unspecified atom stereocenters. The molecule has 2 heterocycles. The number of nitrogens with zero attached hydrogens (tertiary/aromatic N) is 2. The maximum absolute atomic E-state index is 12.3. The molecule has 9 nitrogen and oxygen atoms in total. The minimum Gasteiger partial charge on any atom is -0.480 e. The van der Waals surface area contributed by atoms with Crippen LogP contribution in [-0.4, -0.2) is 52.5 Å². The highest BCUT2D eigenvalue weighted by molar-refractivity contribution is 7.12. The van der Waals surface area contributed by atoms with Crippen LogP contribution < -0.4 is 10.2 Å². The first kappa shape index (κ1) is 28.8. The number of ether oxygens (including phenoxy) is 2. The summed E-state index contributed by atoms with van der Waals surface area (Å²) in [6.07, 6.45) is 3.32. The number of carbonyl (C=O) groups is 3. The molecule has 2 N–H and O–H groups in total. The second kappa shape index (κ2) is 12.0. The molecule has 0 fully saturated rings. The lowest BCUT2D eigenvalue weighted by atomic mass is 10.2. The summed E-state index contributed by atoms with van der Waals surface area (Å²) in [5, 5.41) is 11.9. The molecule has 0 aliphatic rings. The average Bonchev–Trinajstić information content (AvgIpc) is 3.17. The van der Waals surface area contributed by atoms with E-state index in [-0.39, 0.29) is 6.42 Å². The normalized spacial score (nSPS) is 12.8. The van der Waals surface area contributed by atoms with Crippen molar-refractivity contribution < 1.29 is 29.0 Å². The lowest BCUT2D eigenvalue weighted by Gasteiger charge is -2.24. The smallest absolute Gasteiger partial charge is 0.415 e. The number of nitrogens with one attached hydrogen (secondary N) is 1. The molecule has 0 saturated carbocycles. The Morgan fingerprint density at radius 3 is 2.36 bits per heavy atom. The van der Waals surface area contributed by atoms with E-state index in [1.54, 1.807) is 33.9 Å². The Bertz CT molecular complexity index is 1100. The molecule has 196 valence electrons. The molecular formula is C26H35N3O6S. The highest BCUT2D eigenvalue weighted by Crippen LogP contribution is 2.21. The highest BCUT2D eigenvalue weighted by atomic mass is 32.1. The van der Waals surface area contributed by atoms with E-state index in [0.29, 0.717) is 12.2 Å². The van der Waals surface area contributed by atoms with Crippen LogP contribution in [0.25, 0.3) is 6.08 Å². The predicted octanol–water partition coefficient (Wildman–Crippen LogP) is 5.29. The molecule has 10 heteroatoms. The summed E-state index contributed by atoms with van der Waals surface area (Å²) in [5.41, 5.74) is -0.529. The summed E-state index contributed by atoms with van der Waals surface area (Å²) in [6, 6.07) is 8.08. The molecule has 2 aromatic heterocycles. The number of alkyl carbamates (subject to hydrolysis) is 1. The van der Waals surface area contributed by atoms with Crippen LogP contribution in [0.2, 0.25) is 0 Å². The van der Waals surface area contributed by atoms with E-state index in [0.717, 1.165) is 15.4 Å². The van der Waals surface area contributed by atoms with E-state index in [4.69, 9.17) is 9.47 Å². The Morgan fingerprint density at radius 1 is 1.08 bits per heavy atom. The van der Waals surface area contributed by atoms with Gasteiger partial charge in [-0.1, -0.05) is 12.1 Å². The number of carbonyl (C=O) groups excluding carboxylic acids is 2. The lowest BCUT2D eigenvalue weighted by molar-refractivity contribution is -0.139. The molecule has 0 aromatic carbocycles. The van der Waals surface area contributed by atoms with Crippen LogP contribution in [0.4, 0.5) is 15.4 Å². The average molecular weight is 518 g/mol. The number of allylic oxidation sites excluding steroid dienone is 1. The molecule has 1 atom stereocenters. The van der Waals surface area contributed by atoms with Crippen LogP contribution in [0, 0.1) is 0 Å². The Kier molecular flexibility index (Phi) is 9.63. The molecule has 2 rings (SSSR count). The fraction of sp³-hybridized carbons (Fsp3) is 0.462. The summed E-state index contributed by atoms with van der Waals surface area (Å²) >= 11 is 1.44. The number of hydrogen-bond donors (Lipinski definition) is 2. The van der Waals surface area contributed by atoms with Crippen molar-refractivity contribution in [1.29, 1.82) is 0 Å². The van der Waals surface area contributed by atoms with Crippen molar-refractivity contribution in [2.24, 2.45) is 0 Å². The number of aromatic nitrogens is 1. The van der Waals surface area contributed by atoms with Crippen LogP contribution in [-0.2, 0) is 27.1 Å². The zero-order chi connectivity index (χ0) is 27.1. The summed E-state index contributed by atoms with van der Waals surface area (Å²) in [5.74, 6) is -0.639. The highest BCUT2D eigenvalue weighted by Gasteiger charge is 2.25. The van der Waals surface area contributed by atoms with Crippen molar-refractivity contribution in [3.63, 3.8) is 0 Å². The van der Waals surface area contributed by atoms with Crippen molar-refractivity contribution in [3.05, 3.63) is 51.9 Å². The van der Waals surface area contributed by atoms with Crippen molar-refractivity contribution in [3.8, 4) is 0 Å². The van der Waals surface area contributed by atoms with Gasteiger partial charge in [0.25, 0.3) is 0 Å². The molecule has 2 aromatic rings. The van der Waals surface area contributed by atoms with Crippen LogP contribution in [0.1, 0.15) is 57.0 Å². The Labute approximate surface area is 216 Å². The summed E-state index contributed by atoms with van der Waals surface area (Å²) < 4.78 is 10.5. The molecule has 0 aliphatic heterocycles. The largest absolute Gasteiger partial charge is 0.480 e. The van der Waals surface area contributed by atoms with Crippen LogP contribution >= 0.6 is 11.3 Å². The van der Waals surface area contributed by atoms with Gasteiger partial charge in [0.1, 0.15) is 23.1 Å². The van der Waals surface area contributed by atoms with E-state index >= 15 is 0 Å². The first-order valence-corrected chi connectivity index (χ1v) is 12.3. The van der Waals surface area contributed by atoms with Crippen LogP contribution in [0.3, 0.4) is 0 Å². The number of carboxylic acid groups (broad SMARTS) is 1. The molecule has 2 amide bonds. The molecule has 0 spiro atoms. The quantitative estimate of drug-likeness (QED) is 0.488. The third-order valence-electron chi connectivity index (χ3n) is 4.49. The number of pyridine rings is 1. The number of anilines is 1. The minimum atomic E-state index is -1.13. The van der Waals surface area contributed by atoms with Gasteiger partial charge < -0.3 is 19.9 Å². The first-order chi connectivity index (χ1) is 16.6. The molecule has 0 bridgehead atoms. The second-order valence-corrected chi connectivity index (χ2v) is 11.4. The van der Waals surface area contributed by atoms with E-state index in [2.05, 4.69) is 10.3 Å². The fourth-order valence-electron chi connectivity index (χ4n) is 2.93. The van der Waals surface area contributed by atoms with Gasteiger partial charge in [0, 0.05) is 35.3 Å². The Hall–Kier alpha value is -3.40. The van der Waals surface area contributed by atoms with Crippen molar-refractivity contribution in [2.75, 3.05) is 11.9 Å². The zero-order valence-electron chi connectivity index (χ0n) is 21.8. The van der Waals surface area contributed by atoms with Gasteiger partial charge in [0.15, 0.2) is 0 Å². The molecule has 0 aliphatic carbocycles. The molecule has 0 saturated heterocycles. The SMILES string of the molecule is CN(C(=O)OC(C)(C)C)c1cccc(CC=Cc2ccc(C[C@H](NC(=O)OC(C)(C)C)C(=O)O)s2)n1. The van der Waals surface area contributed by atoms with Gasteiger partial charge in [-0.2, -0.15) is 0 Å². The standard InChI is InChI=1S/C26H35N3O6S/c1-25(2,3)34-23(32)28-20(22(30)31)16-19-15-14-18(36-19)12-8-10-17-11-9-13-21(27-17)29(7)24(33)35-26(4,5)6/h8-9,11-15,20H,10,16H2,1-7H3,(H,28,32)(H,30,31)/t20-/m0/s1. The maximum Gasteiger partial charge on any atom is 0.415 e. The van der Waals surface area contributed by atoms with Crippen LogP contribution in [0.15, 0.2) is 36.4 Å². The number of carboxylic acids is 1. The molecular weight excluding hydrogens is 482 g/mol. The molecule has 36 heavy (non-hydrogen) atoms. The number of hydrogen-bond acceptors (Lipinski definition) is 7. The summed E-state index contributed by atoms with van der Waals surface area (Å²) in [6.45, 7) is 10.6. The summed E-state index contributed by atoms with van der Waals surface area (Å²) in [7, 11) is 1.62. The maximum atomic E-state index is 12.3. The van der Waals surface area contributed by atoms with Gasteiger partial charge in [-0.25, -0.2) is 19.4 Å². The lowest BCUT2D eigenvalue weighted by Crippen LogP contribution is -2.44. The number of aliphatic carboxylic acids is 1. The third kappa shape index (κ3) is 10.1. The second-order valence-electron chi connectivity index (χ2n) is 10.2. The van der Waals surface area contributed by atoms with Gasteiger partial charge >= 0.3 is 18.2 Å². The van der Waals surface area contributed by atoms with Crippen molar-refractivity contribution in [2.45, 2.75) is 71.6 Å². The zero-order valence-corrected chi connectivity index (χ0v) is 22.6. The van der Waals surface area contributed by atoms with Crippen molar-refractivity contribution in [1.82, 2.24) is 10.3 Å². The predicted molar refractivity (Wildman–Crippen MR) is 140 cm³/mol. The monoisotopic (exact) mass is 517 g/mol. The Morgan fingerprint density at radius 2 is 1.75 bits per heavy atom. The van der Waals surface area contributed by atoms with E-state index < -0.39 is 35.4 Å². The van der Waals surface area contributed by atoms with E-state index in [9.17, 15) is 19.5 Å². The van der Waals surface area contributed by atoms with Crippen molar-refractivity contribution >= 4 is 41.4 Å². The first-order valence-electron chi connectivity index (χ1n) is 11.5. The van der Waals surface area contributed by atoms with Gasteiger partial charge in [-0.05, 0) is 71.9 Å². The summed E-state index contributed by atoms with van der Waals surface area (Å²) in [4.78, 5) is 43.5. The number of thiophene rings is 1. The minimum absolute atomic E-state index is 0.147. The number of rotatable bonds is 8. The third-order valence-corrected chi connectivity index (χ3v) is 5.56. The Balaban J connectivity index is 1.98. The van der Waals surface area contributed by atoms with Gasteiger partial charge in [0.2, 0.25) is 0 Å². The van der Waals surface area contributed by atoms with Crippen LogP contribution in [0.5, 0.6) is 0 Å². The van der Waals surface area contributed by atoms with Gasteiger partial charge in [0.05, 0.1) is 0 Å². The van der Waals surface area contributed by atoms with Gasteiger partial charge in [-0.3, -0.25) is 4.90 Å². The number of amides is 2. The molecule has 0 radical (unpaired) electrons. The topological polar surface area (TPSA) is 118 Å².